The maximum Gasteiger partial charge on any atom is 0.141 e. The summed E-state index contributed by atoms with van der Waals surface area (Å²) in [6, 6.07) is 12.1. The van der Waals surface area contributed by atoms with Gasteiger partial charge in [-0.15, -0.1) is 24.2 Å². The fourth-order valence-corrected chi connectivity index (χ4v) is 2.51. The Balaban J connectivity index is 0.00000162. The summed E-state index contributed by atoms with van der Waals surface area (Å²) < 4.78 is 6.36. The topological polar surface area (TPSA) is 22.1 Å². The molecule has 0 aliphatic carbocycles. The van der Waals surface area contributed by atoms with E-state index in [0.29, 0.717) is 0 Å². The molecule has 0 saturated heterocycles. The van der Waals surface area contributed by atoms with Crippen molar-refractivity contribution in [2.24, 2.45) is 0 Å². The molecule has 5 heteroatoms. The number of hydrogen-bond acceptors (Lipinski definition) is 3. The quantitative estimate of drug-likeness (QED) is 0.757. The summed E-state index contributed by atoms with van der Waals surface area (Å²) in [5, 5.41) is 0. The molecule has 2 rings (SSSR count). The Morgan fingerprint density at radius 3 is 2.61 bits per heavy atom. The van der Waals surface area contributed by atoms with E-state index in [4.69, 9.17) is 4.74 Å². The summed E-state index contributed by atoms with van der Waals surface area (Å²) in [6.45, 7) is 0. The monoisotopic (exact) mass is 345 g/mol. The SMILES string of the molecule is COc1cccnc1CSc1ccc(Br)cc1.Cl. The Hall–Kier alpha value is -0.710. The summed E-state index contributed by atoms with van der Waals surface area (Å²) >= 11 is 5.17. The molecule has 0 unspecified atom stereocenters. The van der Waals surface area contributed by atoms with Crippen molar-refractivity contribution in [2.75, 3.05) is 7.11 Å². The van der Waals surface area contributed by atoms with Gasteiger partial charge in [0.25, 0.3) is 0 Å². The van der Waals surface area contributed by atoms with Crippen LogP contribution >= 0.6 is 40.1 Å². The van der Waals surface area contributed by atoms with Crippen LogP contribution in [0.2, 0.25) is 0 Å². The molecule has 96 valence electrons. The van der Waals surface area contributed by atoms with Crippen LogP contribution in [0.5, 0.6) is 5.75 Å². The number of rotatable bonds is 4. The molecule has 18 heavy (non-hydrogen) atoms. The first-order valence-electron chi connectivity index (χ1n) is 5.16. The van der Waals surface area contributed by atoms with Crippen molar-refractivity contribution >= 4 is 40.1 Å². The molecule has 2 aromatic rings. The van der Waals surface area contributed by atoms with Gasteiger partial charge in [-0.2, -0.15) is 0 Å². The highest BCUT2D eigenvalue weighted by atomic mass is 79.9. The van der Waals surface area contributed by atoms with Gasteiger partial charge in [0.2, 0.25) is 0 Å². The average molecular weight is 347 g/mol. The minimum atomic E-state index is 0. The van der Waals surface area contributed by atoms with Crippen LogP contribution in [0, 0.1) is 0 Å². The number of benzene rings is 1. The van der Waals surface area contributed by atoms with Crippen molar-refractivity contribution in [3.05, 3.63) is 52.8 Å². The van der Waals surface area contributed by atoms with E-state index < -0.39 is 0 Å². The highest BCUT2D eigenvalue weighted by Crippen LogP contribution is 2.27. The minimum absolute atomic E-state index is 0. The smallest absolute Gasteiger partial charge is 0.141 e. The van der Waals surface area contributed by atoms with E-state index in [9.17, 15) is 0 Å². The molecule has 0 atom stereocenters. The first-order valence-corrected chi connectivity index (χ1v) is 6.93. The highest BCUT2D eigenvalue weighted by molar-refractivity contribution is 9.10. The van der Waals surface area contributed by atoms with Crippen molar-refractivity contribution in [2.45, 2.75) is 10.6 Å². The molecule has 1 heterocycles. The zero-order valence-electron chi connectivity index (χ0n) is 9.80. The fourth-order valence-electron chi connectivity index (χ4n) is 1.40. The number of ether oxygens (including phenoxy) is 1. The normalized spacial score (nSPS) is 9.67. The van der Waals surface area contributed by atoms with Gasteiger partial charge in [-0.25, -0.2) is 0 Å². The molecule has 0 bridgehead atoms. The molecular formula is C13H13BrClNOS. The van der Waals surface area contributed by atoms with E-state index in [-0.39, 0.29) is 12.4 Å². The van der Waals surface area contributed by atoms with Gasteiger partial charge in [0, 0.05) is 21.3 Å². The molecule has 1 aromatic heterocycles. The van der Waals surface area contributed by atoms with Crippen LogP contribution in [-0.4, -0.2) is 12.1 Å². The van der Waals surface area contributed by atoms with Crippen LogP contribution < -0.4 is 4.74 Å². The Kier molecular flexibility index (Phi) is 6.54. The molecule has 2 nitrogen and oxygen atoms in total. The number of pyridine rings is 1. The van der Waals surface area contributed by atoms with Crippen LogP contribution in [0.25, 0.3) is 0 Å². The van der Waals surface area contributed by atoms with Gasteiger partial charge in [-0.3, -0.25) is 4.98 Å². The molecule has 0 saturated carbocycles. The number of hydrogen-bond donors (Lipinski definition) is 0. The Morgan fingerprint density at radius 2 is 1.94 bits per heavy atom. The van der Waals surface area contributed by atoms with Gasteiger partial charge in [0.05, 0.1) is 12.8 Å². The Morgan fingerprint density at radius 1 is 1.22 bits per heavy atom. The lowest BCUT2D eigenvalue weighted by Crippen LogP contribution is -1.92. The van der Waals surface area contributed by atoms with Gasteiger partial charge in [-0.1, -0.05) is 15.9 Å². The fraction of sp³-hybridized carbons (Fsp3) is 0.154. The molecule has 0 radical (unpaired) electrons. The third-order valence-corrected chi connectivity index (χ3v) is 3.81. The Labute approximate surface area is 126 Å². The van der Waals surface area contributed by atoms with Crippen molar-refractivity contribution in [3.63, 3.8) is 0 Å². The largest absolute Gasteiger partial charge is 0.495 e. The number of nitrogens with zero attached hydrogens (tertiary/aromatic N) is 1. The number of halogens is 2. The third-order valence-electron chi connectivity index (χ3n) is 2.26. The van der Waals surface area contributed by atoms with Gasteiger partial charge >= 0.3 is 0 Å². The Bertz CT molecular complexity index is 493. The molecular weight excluding hydrogens is 334 g/mol. The van der Waals surface area contributed by atoms with Crippen molar-refractivity contribution in [1.82, 2.24) is 4.98 Å². The molecule has 0 aliphatic rings. The lowest BCUT2D eigenvalue weighted by molar-refractivity contribution is 0.409. The molecule has 0 N–H and O–H groups in total. The second-order valence-corrected chi connectivity index (χ2v) is 5.36. The highest BCUT2D eigenvalue weighted by Gasteiger charge is 2.04. The third kappa shape index (κ3) is 4.19. The first kappa shape index (κ1) is 15.3. The van der Waals surface area contributed by atoms with Gasteiger partial charge in [-0.05, 0) is 36.4 Å². The number of aromatic nitrogens is 1. The summed E-state index contributed by atoms with van der Waals surface area (Å²) in [5.74, 6) is 1.66. The number of methoxy groups -OCH3 is 1. The van der Waals surface area contributed by atoms with Crippen molar-refractivity contribution in [1.29, 1.82) is 0 Å². The minimum Gasteiger partial charge on any atom is -0.495 e. The maximum absolute atomic E-state index is 5.27. The van der Waals surface area contributed by atoms with Gasteiger partial charge < -0.3 is 4.74 Å². The van der Waals surface area contributed by atoms with E-state index in [1.165, 1.54) is 4.90 Å². The molecule has 1 aromatic carbocycles. The van der Waals surface area contributed by atoms with Crippen LogP contribution in [0.1, 0.15) is 5.69 Å². The molecule has 0 spiro atoms. The van der Waals surface area contributed by atoms with E-state index in [0.717, 1.165) is 21.7 Å². The summed E-state index contributed by atoms with van der Waals surface area (Å²) in [7, 11) is 1.67. The van der Waals surface area contributed by atoms with Crippen LogP contribution in [0.15, 0.2) is 52.0 Å². The average Bonchev–Trinajstić information content (AvgIpc) is 2.38. The summed E-state index contributed by atoms with van der Waals surface area (Å²) in [4.78, 5) is 5.55. The predicted molar refractivity (Wildman–Crippen MR) is 81.7 cm³/mol. The molecule has 0 fully saturated rings. The van der Waals surface area contributed by atoms with Crippen LogP contribution in [0.3, 0.4) is 0 Å². The lowest BCUT2D eigenvalue weighted by atomic mass is 10.3. The second kappa shape index (κ2) is 7.67. The molecule has 0 amide bonds. The van der Waals surface area contributed by atoms with Gasteiger partial charge in [0.1, 0.15) is 5.75 Å². The van der Waals surface area contributed by atoms with E-state index in [1.807, 2.05) is 24.3 Å². The van der Waals surface area contributed by atoms with E-state index in [2.05, 4.69) is 33.0 Å². The van der Waals surface area contributed by atoms with Crippen molar-refractivity contribution < 1.29 is 4.74 Å². The van der Waals surface area contributed by atoms with Crippen LogP contribution in [0.4, 0.5) is 0 Å². The standard InChI is InChI=1S/C13H12BrNOS.ClH/c1-16-13-3-2-8-15-12(13)9-17-11-6-4-10(14)5-7-11;/h2-8H,9H2,1H3;1H. The second-order valence-electron chi connectivity index (χ2n) is 3.39. The first-order chi connectivity index (χ1) is 8.29. The predicted octanol–water partition coefficient (Wildman–Crippen LogP) is 4.57. The lowest BCUT2D eigenvalue weighted by Gasteiger charge is -2.06. The van der Waals surface area contributed by atoms with E-state index >= 15 is 0 Å². The maximum atomic E-state index is 5.27. The molecule has 0 aliphatic heterocycles. The van der Waals surface area contributed by atoms with Crippen LogP contribution in [-0.2, 0) is 5.75 Å². The zero-order valence-corrected chi connectivity index (χ0v) is 13.0. The van der Waals surface area contributed by atoms with Crippen molar-refractivity contribution in [3.8, 4) is 5.75 Å². The van der Waals surface area contributed by atoms with E-state index in [1.54, 1.807) is 25.1 Å². The zero-order chi connectivity index (χ0) is 12.1. The number of thioether (sulfide) groups is 1. The van der Waals surface area contributed by atoms with Gasteiger partial charge in [0.15, 0.2) is 0 Å². The summed E-state index contributed by atoms with van der Waals surface area (Å²) in [6.07, 6.45) is 1.79. The summed E-state index contributed by atoms with van der Waals surface area (Å²) in [5.41, 5.74) is 0.975.